The zero-order valence-electron chi connectivity index (χ0n) is 17.3. The number of carbonyl (C=O) groups excluding carboxylic acids is 2. The number of carbonyl (C=O) groups is 2. The van der Waals surface area contributed by atoms with Crippen molar-refractivity contribution in [3.05, 3.63) is 71.2 Å². The van der Waals surface area contributed by atoms with Gasteiger partial charge in [0.2, 0.25) is 5.91 Å². The van der Waals surface area contributed by atoms with Crippen LogP contribution in [0.15, 0.2) is 58.2 Å². The van der Waals surface area contributed by atoms with Crippen LogP contribution in [0.3, 0.4) is 0 Å². The van der Waals surface area contributed by atoms with Crippen LogP contribution in [0.25, 0.3) is 0 Å². The highest BCUT2D eigenvalue weighted by Crippen LogP contribution is 2.25. The van der Waals surface area contributed by atoms with E-state index in [2.05, 4.69) is 15.5 Å². The summed E-state index contributed by atoms with van der Waals surface area (Å²) in [5, 5.41) is 7.58. The highest BCUT2D eigenvalue weighted by Gasteiger charge is 2.18. The maximum atomic E-state index is 12.9. The Labute approximate surface area is 185 Å². The fourth-order valence-electron chi connectivity index (χ4n) is 3.50. The number of likely N-dealkylation sites (tertiary alicyclic amines) is 1. The number of aromatic nitrogens is 2. The van der Waals surface area contributed by atoms with E-state index >= 15 is 0 Å². The standard InChI is InChI=1S/C23H24N4O3S/c1-16-12-19(26-30-16)15-31-23-20(8-5-10-24-23)22(29)25-18-7-4-6-17(13-18)14-27-11-3-2-9-21(27)28/h4-8,10,12-13H,2-3,9,11,14-15H2,1H3,(H,25,29). The third-order valence-electron chi connectivity index (χ3n) is 5.03. The van der Waals surface area contributed by atoms with Crippen LogP contribution in [0.2, 0.25) is 0 Å². The van der Waals surface area contributed by atoms with Crippen molar-refractivity contribution in [2.45, 2.75) is 43.5 Å². The molecule has 0 saturated carbocycles. The highest BCUT2D eigenvalue weighted by atomic mass is 32.2. The maximum Gasteiger partial charge on any atom is 0.258 e. The van der Waals surface area contributed by atoms with E-state index in [0.29, 0.717) is 35.0 Å². The Morgan fingerprint density at radius 3 is 2.94 bits per heavy atom. The summed E-state index contributed by atoms with van der Waals surface area (Å²) in [6.45, 7) is 3.19. The largest absolute Gasteiger partial charge is 0.361 e. The van der Waals surface area contributed by atoms with Gasteiger partial charge in [0.05, 0.1) is 11.3 Å². The van der Waals surface area contributed by atoms with E-state index in [4.69, 9.17) is 4.52 Å². The summed E-state index contributed by atoms with van der Waals surface area (Å²) in [7, 11) is 0. The first-order valence-electron chi connectivity index (χ1n) is 10.3. The Hall–Kier alpha value is -3.13. The molecule has 0 bridgehead atoms. The monoisotopic (exact) mass is 436 g/mol. The van der Waals surface area contributed by atoms with Crippen molar-refractivity contribution >= 4 is 29.3 Å². The molecular weight excluding hydrogens is 412 g/mol. The number of thioether (sulfide) groups is 1. The molecule has 1 aliphatic heterocycles. The Morgan fingerprint density at radius 2 is 2.13 bits per heavy atom. The summed E-state index contributed by atoms with van der Waals surface area (Å²) < 4.78 is 5.09. The van der Waals surface area contributed by atoms with Gasteiger partial charge in [0.25, 0.3) is 5.91 Å². The van der Waals surface area contributed by atoms with Gasteiger partial charge in [0, 0.05) is 43.2 Å². The van der Waals surface area contributed by atoms with Crippen molar-refractivity contribution in [3.8, 4) is 0 Å². The molecule has 3 aromatic rings. The molecule has 0 spiro atoms. The molecule has 2 aromatic heterocycles. The van der Waals surface area contributed by atoms with E-state index in [1.165, 1.54) is 11.8 Å². The minimum Gasteiger partial charge on any atom is -0.361 e. The lowest BCUT2D eigenvalue weighted by Crippen LogP contribution is -2.34. The van der Waals surface area contributed by atoms with Crippen molar-refractivity contribution in [2.75, 3.05) is 11.9 Å². The second-order valence-corrected chi connectivity index (χ2v) is 8.46. The Kier molecular flexibility index (Phi) is 6.66. The number of amides is 2. The highest BCUT2D eigenvalue weighted by molar-refractivity contribution is 7.98. The molecule has 7 nitrogen and oxygen atoms in total. The van der Waals surface area contributed by atoms with E-state index in [1.807, 2.05) is 42.2 Å². The van der Waals surface area contributed by atoms with Crippen LogP contribution in [0.5, 0.6) is 0 Å². The molecule has 1 fully saturated rings. The van der Waals surface area contributed by atoms with Crippen LogP contribution in [0.1, 0.15) is 46.6 Å². The lowest BCUT2D eigenvalue weighted by Gasteiger charge is -2.26. The van der Waals surface area contributed by atoms with Gasteiger partial charge in [-0.25, -0.2) is 4.98 Å². The SMILES string of the molecule is Cc1cc(CSc2ncccc2C(=O)Nc2cccc(CN3CCCCC3=O)c2)no1. The average molecular weight is 437 g/mol. The number of hydrogen-bond donors (Lipinski definition) is 1. The molecule has 0 aliphatic carbocycles. The number of piperidine rings is 1. The van der Waals surface area contributed by atoms with Gasteiger partial charge in [-0.15, -0.1) is 0 Å². The first-order valence-corrected chi connectivity index (χ1v) is 11.2. The van der Waals surface area contributed by atoms with Crippen LogP contribution in [0, 0.1) is 6.92 Å². The molecule has 3 heterocycles. The van der Waals surface area contributed by atoms with Crippen molar-refractivity contribution < 1.29 is 14.1 Å². The lowest BCUT2D eigenvalue weighted by molar-refractivity contribution is -0.133. The number of benzene rings is 1. The summed E-state index contributed by atoms with van der Waals surface area (Å²) >= 11 is 1.44. The molecule has 8 heteroatoms. The quantitative estimate of drug-likeness (QED) is 0.551. The van der Waals surface area contributed by atoms with E-state index in [-0.39, 0.29) is 11.8 Å². The molecule has 2 amide bonds. The molecule has 1 N–H and O–H groups in total. The second-order valence-electron chi connectivity index (χ2n) is 7.50. The van der Waals surface area contributed by atoms with Crippen LogP contribution in [-0.2, 0) is 17.1 Å². The summed E-state index contributed by atoms with van der Waals surface area (Å²) in [6.07, 6.45) is 4.29. The van der Waals surface area contributed by atoms with Crippen molar-refractivity contribution in [2.24, 2.45) is 0 Å². The molecule has 0 unspecified atom stereocenters. The zero-order valence-corrected chi connectivity index (χ0v) is 18.2. The van der Waals surface area contributed by atoms with Gasteiger partial charge in [-0.3, -0.25) is 9.59 Å². The summed E-state index contributed by atoms with van der Waals surface area (Å²) in [5.41, 5.74) is 3.00. The number of nitrogens with one attached hydrogen (secondary N) is 1. The van der Waals surface area contributed by atoms with Crippen LogP contribution >= 0.6 is 11.8 Å². The molecule has 0 radical (unpaired) electrons. The topological polar surface area (TPSA) is 88.3 Å². The van der Waals surface area contributed by atoms with E-state index in [0.717, 1.165) is 36.4 Å². The number of pyridine rings is 1. The molecular formula is C23H24N4O3S. The number of nitrogens with zero attached hydrogens (tertiary/aromatic N) is 3. The Balaban J connectivity index is 1.43. The van der Waals surface area contributed by atoms with Gasteiger partial charge in [0.1, 0.15) is 10.8 Å². The van der Waals surface area contributed by atoms with Crippen LogP contribution in [-0.4, -0.2) is 33.4 Å². The van der Waals surface area contributed by atoms with Crippen LogP contribution in [0.4, 0.5) is 5.69 Å². The molecule has 0 atom stereocenters. The third-order valence-corrected chi connectivity index (χ3v) is 6.07. The molecule has 1 saturated heterocycles. The predicted molar refractivity (Wildman–Crippen MR) is 119 cm³/mol. The molecule has 1 aromatic carbocycles. The van der Waals surface area contributed by atoms with Gasteiger partial charge in [0.15, 0.2) is 0 Å². The molecule has 4 rings (SSSR count). The molecule has 1 aliphatic rings. The smallest absolute Gasteiger partial charge is 0.258 e. The fourth-order valence-corrected chi connectivity index (χ4v) is 4.37. The normalized spacial score (nSPS) is 14.0. The van der Waals surface area contributed by atoms with Crippen molar-refractivity contribution in [1.29, 1.82) is 0 Å². The van der Waals surface area contributed by atoms with E-state index < -0.39 is 0 Å². The first-order chi connectivity index (χ1) is 15.1. The van der Waals surface area contributed by atoms with Gasteiger partial charge < -0.3 is 14.7 Å². The number of rotatable bonds is 7. The number of anilines is 1. The minimum absolute atomic E-state index is 0.194. The van der Waals surface area contributed by atoms with Gasteiger partial charge in [-0.2, -0.15) is 0 Å². The Morgan fingerprint density at radius 1 is 1.23 bits per heavy atom. The average Bonchev–Trinajstić information content (AvgIpc) is 3.19. The predicted octanol–water partition coefficient (Wildman–Crippen LogP) is 4.44. The first kappa shape index (κ1) is 21.1. The molecule has 31 heavy (non-hydrogen) atoms. The number of aryl methyl sites for hydroxylation is 1. The molecule has 160 valence electrons. The van der Waals surface area contributed by atoms with Gasteiger partial charge in [-0.05, 0) is 49.6 Å². The fraction of sp³-hybridized carbons (Fsp3) is 0.304. The summed E-state index contributed by atoms with van der Waals surface area (Å²) in [5.74, 6) is 1.28. The maximum absolute atomic E-state index is 12.9. The number of hydrogen-bond acceptors (Lipinski definition) is 6. The van der Waals surface area contributed by atoms with E-state index in [1.54, 1.807) is 18.3 Å². The van der Waals surface area contributed by atoms with Gasteiger partial charge >= 0.3 is 0 Å². The van der Waals surface area contributed by atoms with Crippen LogP contribution < -0.4 is 5.32 Å². The van der Waals surface area contributed by atoms with Gasteiger partial charge in [-0.1, -0.05) is 29.1 Å². The Bertz CT molecular complexity index is 1080. The third kappa shape index (κ3) is 5.52. The lowest BCUT2D eigenvalue weighted by atomic mass is 10.1. The van der Waals surface area contributed by atoms with Crippen molar-refractivity contribution in [3.63, 3.8) is 0 Å². The second kappa shape index (κ2) is 9.78. The summed E-state index contributed by atoms with van der Waals surface area (Å²) in [6, 6.07) is 13.0. The minimum atomic E-state index is -0.224. The zero-order chi connectivity index (χ0) is 21.6. The summed E-state index contributed by atoms with van der Waals surface area (Å²) in [4.78, 5) is 31.3. The van der Waals surface area contributed by atoms with E-state index in [9.17, 15) is 9.59 Å². The van der Waals surface area contributed by atoms with Crippen molar-refractivity contribution in [1.82, 2.24) is 15.0 Å².